The van der Waals surface area contributed by atoms with Gasteiger partial charge in [-0.3, -0.25) is 0 Å². The van der Waals surface area contributed by atoms with Gasteiger partial charge in [-0.1, -0.05) is 56.9 Å². The number of anilines is 1. The molecule has 1 saturated heterocycles. The third kappa shape index (κ3) is 5.05. The minimum atomic E-state index is 0.0972. The Balaban J connectivity index is 1.51. The van der Waals surface area contributed by atoms with Gasteiger partial charge in [-0.05, 0) is 38.7 Å². The Kier molecular flexibility index (Phi) is 6.97. The third-order valence-corrected chi connectivity index (χ3v) is 6.77. The van der Waals surface area contributed by atoms with E-state index in [4.69, 9.17) is 9.97 Å². The van der Waals surface area contributed by atoms with Crippen LogP contribution in [0.1, 0.15) is 68.7 Å². The Bertz CT molecular complexity index is 943. The summed E-state index contributed by atoms with van der Waals surface area (Å²) >= 11 is 0. The molecule has 1 aliphatic heterocycles. The number of nitrogens with zero attached hydrogens (tertiary/aromatic N) is 4. The molecule has 2 amide bonds. The Morgan fingerprint density at radius 2 is 1.75 bits per heavy atom. The van der Waals surface area contributed by atoms with Gasteiger partial charge in [0.05, 0.1) is 0 Å². The molecule has 2 heterocycles. The average Bonchev–Trinajstić information content (AvgIpc) is 2.79. The van der Waals surface area contributed by atoms with Crippen LogP contribution in [0, 0.1) is 13.8 Å². The fourth-order valence-corrected chi connectivity index (χ4v) is 5.03. The van der Waals surface area contributed by atoms with Gasteiger partial charge in [-0.15, -0.1) is 0 Å². The molecule has 0 bridgehead atoms. The lowest BCUT2D eigenvalue weighted by Crippen LogP contribution is -2.54. The lowest BCUT2D eigenvalue weighted by Gasteiger charge is -2.37. The largest absolute Gasteiger partial charge is 0.353 e. The molecule has 2 aromatic rings. The summed E-state index contributed by atoms with van der Waals surface area (Å²) in [7, 11) is 0. The van der Waals surface area contributed by atoms with Crippen molar-refractivity contribution in [2.45, 2.75) is 71.8 Å². The van der Waals surface area contributed by atoms with Gasteiger partial charge in [-0.25, -0.2) is 14.8 Å². The highest BCUT2D eigenvalue weighted by Gasteiger charge is 2.27. The molecule has 0 spiro atoms. The van der Waals surface area contributed by atoms with Crippen LogP contribution in [-0.2, 0) is 0 Å². The second-order valence-corrected chi connectivity index (χ2v) is 9.65. The highest BCUT2D eigenvalue weighted by atomic mass is 16.2. The molecule has 1 N–H and O–H groups in total. The van der Waals surface area contributed by atoms with Gasteiger partial charge in [0.25, 0.3) is 0 Å². The summed E-state index contributed by atoms with van der Waals surface area (Å²) in [4.78, 5) is 27.0. The third-order valence-electron chi connectivity index (χ3n) is 6.77. The quantitative estimate of drug-likeness (QED) is 0.730. The summed E-state index contributed by atoms with van der Waals surface area (Å²) in [6.45, 7) is 11.6. The van der Waals surface area contributed by atoms with Crippen LogP contribution in [0.4, 0.5) is 10.6 Å². The van der Waals surface area contributed by atoms with E-state index >= 15 is 0 Å². The van der Waals surface area contributed by atoms with Crippen LogP contribution >= 0.6 is 0 Å². The minimum absolute atomic E-state index is 0.0972. The maximum atomic E-state index is 12.8. The number of hydrogen-bond acceptors (Lipinski definition) is 4. The summed E-state index contributed by atoms with van der Waals surface area (Å²) in [6.07, 6.45) is 5.99. The van der Waals surface area contributed by atoms with Crippen molar-refractivity contribution >= 4 is 11.8 Å². The van der Waals surface area contributed by atoms with E-state index in [1.807, 2.05) is 4.90 Å². The summed E-state index contributed by atoms with van der Waals surface area (Å²) < 4.78 is 0. The Morgan fingerprint density at radius 1 is 1.03 bits per heavy atom. The first kappa shape index (κ1) is 22.6. The number of aromatic nitrogens is 2. The number of hydrogen-bond donors (Lipinski definition) is 1. The Morgan fingerprint density at radius 3 is 2.41 bits per heavy atom. The van der Waals surface area contributed by atoms with Crippen LogP contribution in [0.3, 0.4) is 0 Å². The lowest BCUT2D eigenvalue weighted by molar-refractivity contribution is 0.186. The summed E-state index contributed by atoms with van der Waals surface area (Å²) in [6, 6.07) is 8.82. The standard InChI is InChI=1S/C26H37N5O/c1-18(2)23-20(4)27-24(21-10-8-9-19(3)17-21)29-25(23)30-13-15-31(16-14-30)26(32)28-22-11-6-5-7-12-22/h8-10,17-18,22H,5-7,11-16H2,1-4H3,(H,28,32). The Hall–Kier alpha value is -2.63. The van der Waals surface area contributed by atoms with Crippen molar-refractivity contribution in [3.05, 3.63) is 41.1 Å². The highest BCUT2D eigenvalue weighted by Crippen LogP contribution is 2.31. The zero-order chi connectivity index (χ0) is 22.7. The molecular weight excluding hydrogens is 398 g/mol. The zero-order valence-electron chi connectivity index (χ0n) is 20.0. The molecule has 172 valence electrons. The van der Waals surface area contributed by atoms with Gasteiger partial charge in [0.1, 0.15) is 5.82 Å². The minimum Gasteiger partial charge on any atom is -0.353 e. The first-order chi connectivity index (χ1) is 15.4. The number of piperazine rings is 1. The molecule has 1 saturated carbocycles. The van der Waals surface area contributed by atoms with Crippen molar-refractivity contribution in [1.82, 2.24) is 20.2 Å². The van der Waals surface area contributed by atoms with Gasteiger partial charge in [-0.2, -0.15) is 0 Å². The fourth-order valence-electron chi connectivity index (χ4n) is 5.03. The molecular formula is C26H37N5O. The SMILES string of the molecule is Cc1cccc(-c2nc(C)c(C(C)C)c(N3CCN(C(=O)NC4CCCCC4)CC3)n2)c1. The lowest BCUT2D eigenvalue weighted by atomic mass is 9.96. The van der Waals surface area contributed by atoms with Crippen molar-refractivity contribution in [2.75, 3.05) is 31.1 Å². The van der Waals surface area contributed by atoms with Crippen LogP contribution < -0.4 is 10.2 Å². The first-order valence-corrected chi connectivity index (χ1v) is 12.2. The van der Waals surface area contributed by atoms with E-state index in [1.165, 1.54) is 30.4 Å². The van der Waals surface area contributed by atoms with Crippen LogP contribution in [0.5, 0.6) is 0 Å². The number of carbonyl (C=O) groups is 1. The van der Waals surface area contributed by atoms with Crippen molar-refractivity contribution in [2.24, 2.45) is 0 Å². The molecule has 2 fully saturated rings. The maximum absolute atomic E-state index is 12.8. The summed E-state index contributed by atoms with van der Waals surface area (Å²) in [5, 5.41) is 3.26. The molecule has 0 radical (unpaired) electrons. The number of benzene rings is 1. The van der Waals surface area contributed by atoms with E-state index in [0.29, 0.717) is 12.0 Å². The topological polar surface area (TPSA) is 61.4 Å². The predicted molar refractivity (Wildman–Crippen MR) is 130 cm³/mol. The van der Waals surface area contributed by atoms with E-state index in [9.17, 15) is 4.79 Å². The molecule has 1 aliphatic carbocycles. The molecule has 0 unspecified atom stereocenters. The van der Waals surface area contributed by atoms with E-state index in [-0.39, 0.29) is 6.03 Å². The molecule has 6 nitrogen and oxygen atoms in total. The van der Waals surface area contributed by atoms with Gasteiger partial charge < -0.3 is 15.1 Å². The van der Waals surface area contributed by atoms with Gasteiger partial charge >= 0.3 is 6.03 Å². The van der Waals surface area contributed by atoms with Crippen LogP contribution in [-0.4, -0.2) is 53.1 Å². The second-order valence-electron chi connectivity index (χ2n) is 9.65. The van der Waals surface area contributed by atoms with Crippen molar-refractivity contribution in [3.8, 4) is 11.4 Å². The number of urea groups is 1. The summed E-state index contributed by atoms with van der Waals surface area (Å²) in [5.41, 5.74) is 4.51. The fraction of sp³-hybridized carbons (Fsp3) is 0.577. The molecule has 4 rings (SSSR count). The van der Waals surface area contributed by atoms with Crippen molar-refractivity contribution in [1.29, 1.82) is 0 Å². The number of nitrogens with one attached hydrogen (secondary N) is 1. The predicted octanol–water partition coefficient (Wildman–Crippen LogP) is 5.05. The normalized spacial score (nSPS) is 17.7. The van der Waals surface area contributed by atoms with Crippen molar-refractivity contribution in [3.63, 3.8) is 0 Å². The molecule has 6 heteroatoms. The number of carbonyl (C=O) groups excluding carboxylic acids is 1. The van der Waals surface area contributed by atoms with Crippen molar-refractivity contribution < 1.29 is 4.79 Å². The van der Waals surface area contributed by atoms with E-state index in [2.05, 4.69) is 62.2 Å². The second kappa shape index (κ2) is 9.88. The van der Waals surface area contributed by atoms with E-state index < -0.39 is 0 Å². The van der Waals surface area contributed by atoms with Crippen LogP contribution in [0.15, 0.2) is 24.3 Å². The smallest absolute Gasteiger partial charge is 0.317 e. The molecule has 0 atom stereocenters. The number of amides is 2. The molecule has 32 heavy (non-hydrogen) atoms. The van der Waals surface area contributed by atoms with E-state index in [0.717, 1.165) is 61.9 Å². The van der Waals surface area contributed by atoms with Gasteiger partial charge in [0, 0.05) is 49.0 Å². The van der Waals surface area contributed by atoms with E-state index in [1.54, 1.807) is 0 Å². The first-order valence-electron chi connectivity index (χ1n) is 12.2. The average molecular weight is 436 g/mol. The summed E-state index contributed by atoms with van der Waals surface area (Å²) in [5.74, 6) is 2.14. The van der Waals surface area contributed by atoms with Gasteiger partial charge in [0.2, 0.25) is 0 Å². The monoisotopic (exact) mass is 435 g/mol. The Labute approximate surface area is 192 Å². The number of aryl methyl sites for hydroxylation is 2. The number of rotatable bonds is 4. The molecule has 1 aromatic carbocycles. The van der Waals surface area contributed by atoms with Crippen LogP contribution in [0.25, 0.3) is 11.4 Å². The molecule has 1 aromatic heterocycles. The van der Waals surface area contributed by atoms with Crippen LogP contribution in [0.2, 0.25) is 0 Å². The molecule has 2 aliphatic rings. The maximum Gasteiger partial charge on any atom is 0.317 e. The highest BCUT2D eigenvalue weighted by molar-refractivity contribution is 5.75. The van der Waals surface area contributed by atoms with Gasteiger partial charge in [0.15, 0.2) is 5.82 Å². The zero-order valence-corrected chi connectivity index (χ0v) is 20.0.